The van der Waals surface area contributed by atoms with Gasteiger partial charge in [0.25, 0.3) is 5.91 Å². The van der Waals surface area contributed by atoms with Crippen LogP contribution in [0, 0.1) is 17.2 Å². The summed E-state index contributed by atoms with van der Waals surface area (Å²) >= 11 is 0. The second kappa shape index (κ2) is 5.72. The van der Waals surface area contributed by atoms with Crippen molar-refractivity contribution in [3.63, 3.8) is 0 Å². The van der Waals surface area contributed by atoms with Crippen molar-refractivity contribution < 1.29 is 23.5 Å². The Hall–Kier alpha value is -2.63. The van der Waals surface area contributed by atoms with Gasteiger partial charge >= 0.3 is 5.97 Å². The standard InChI is InChI=1S/C19H18FNO4/c20-13-3-1-12(2-4-13)15-5-6-16(25-15)17(22)21-9-7-19(8-10-21)11-14(19)18(23)24/h1-6,14H,7-11H2,(H,23,24). The summed E-state index contributed by atoms with van der Waals surface area (Å²) in [6.07, 6.45) is 2.17. The first-order chi connectivity index (χ1) is 12.0. The third kappa shape index (κ3) is 2.81. The van der Waals surface area contributed by atoms with Crippen molar-refractivity contribution in [2.75, 3.05) is 13.1 Å². The molecule has 1 saturated carbocycles. The Bertz CT molecular complexity index is 818. The van der Waals surface area contributed by atoms with Crippen LogP contribution in [0.25, 0.3) is 11.3 Å². The number of aliphatic carboxylic acids is 1. The molecule has 1 aliphatic carbocycles. The van der Waals surface area contributed by atoms with E-state index >= 15 is 0 Å². The van der Waals surface area contributed by atoms with E-state index in [-0.39, 0.29) is 28.8 Å². The minimum atomic E-state index is -0.727. The number of benzene rings is 1. The van der Waals surface area contributed by atoms with E-state index in [9.17, 15) is 14.0 Å². The van der Waals surface area contributed by atoms with Crippen LogP contribution >= 0.6 is 0 Å². The minimum Gasteiger partial charge on any atom is -0.481 e. The molecule has 2 aliphatic rings. The van der Waals surface area contributed by atoms with Crippen molar-refractivity contribution >= 4 is 11.9 Å². The van der Waals surface area contributed by atoms with Gasteiger partial charge in [0.1, 0.15) is 11.6 Å². The van der Waals surface area contributed by atoms with E-state index in [0.717, 1.165) is 19.3 Å². The van der Waals surface area contributed by atoms with Crippen molar-refractivity contribution in [3.8, 4) is 11.3 Å². The highest BCUT2D eigenvalue weighted by Gasteiger charge is 2.59. The summed E-state index contributed by atoms with van der Waals surface area (Å²) in [5.41, 5.74) is 0.603. The van der Waals surface area contributed by atoms with Crippen molar-refractivity contribution in [2.45, 2.75) is 19.3 Å². The maximum absolute atomic E-state index is 13.0. The molecule has 6 heteroatoms. The lowest BCUT2D eigenvalue weighted by Crippen LogP contribution is -2.39. The van der Waals surface area contributed by atoms with Gasteiger partial charge in [-0.15, -0.1) is 0 Å². The summed E-state index contributed by atoms with van der Waals surface area (Å²) < 4.78 is 18.6. The van der Waals surface area contributed by atoms with Crippen LogP contribution in [0.5, 0.6) is 0 Å². The Morgan fingerprint density at radius 1 is 1.12 bits per heavy atom. The highest BCUT2D eigenvalue weighted by Crippen LogP contribution is 2.59. The molecule has 0 bridgehead atoms. The van der Waals surface area contributed by atoms with E-state index in [0.29, 0.717) is 24.4 Å². The number of nitrogens with zero attached hydrogens (tertiary/aromatic N) is 1. The SMILES string of the molecule is O=C(O)C1CC12CCN(C(=O)c1ccc(-c3ccc(F)cc3)o1)CC2. The molecule has 2 heterocycles. The van der Waals surface area contributed by atoms with Gasteiger partial charge in [-0.1, -0.05) is 0 Å². The van der Waals surface area contributed by atoms with Crippen molar-refractivity contribution in [3.05, 3.63) is 48.0 Å². The molecule has 1 spiro atoms. The molecular formula is C19H18FNO4. The van der Waals surface area contributed by atoms with Gasteiger partial charge in [0, 0.05) is 18.7 Å². The van der Waals surface area contributed by atoms with E-state index in [1.54, 1.807) is 29.2 Å². The van der Waals surface area contributed by atoms with E-state index in [2.05, 4.69) is 0 Å². The third-order valence-electron chi connectivity index (χ3n) is 5.48. The third-order valence-corrected chi connectivity index (χ3v) is 5.48. The minimum absolute atomic E-state index is 0.106. The van der Waals surface area contributed by atoms with E-state index < -0.39 is 5.97 Å². The van der Waals surface area contributed by atoms with Gasteiger partial charge in [-0.2, -0.15) is 0 Å². The first-order valence-electron chi connectivity index (χ1n) is 8.36. The number of carbonyl (C=O) groups is 2. The van der Waals surface area contributed by atoms with E-state index in [1.807, 2.05) is 0 Å². The Morgan fingerprint density at radius 2 is 1.80 bits per heavy atom. The highest BCUT2D eigenvalue weighted by molar-refractivity contribution is 5.92. The number of rotatable bonds is 3. The number of carbonyl (C=O) groups excluding carboxylic acids is 1. The Balaban J connectivity index is 1.42. The average molecular weight is 343 g/mol. The van der Waals surface area contributed by atoms with Crippen LogP contribution in [-0.2, 0) is 4.79 Å². The zero-order chi connectivity index (χ0) is 17.6. The number of likely N-dealkylation sites (tertiary alicyclic amines) is 1. The van der Waals surface area contributed by atoms with Gasteiger partial charge in [-0.25, -0.2) is 4.39 Å². The predicted molar refractivity (Wildman–Crippen MR) is 87.4 cm³/mol. The quantitative estimate of drug-likeness (QED) is 0.927. The first-order valence-corrected chi connectivity index (χ1v) is 8.36. The van der Waals surface area contributed by atoms with Gasteiger partial charge in [0.2, 0.25) is 0 Å². The molecular weight excluding hydrogens is 325 g/mol. The van der Waals surface area contributed by atoms with Gasteiger partial charge in [0.15, 0.2) is 5.76 Å². The Kier molecular flexibility index (Phi) is 3.63. The molecule has 1 N–H and O–H groups in total. The number of hydrogen-bond acceptors (Lipinski definition) is 3. The molecule has 25 heavy (non-hydrogen) atoms. The number of hydrogen-bond donors (Lipinski definition) is 1. The van der Waals surface area contributed by atoms with Crippen LogP contribution in [0.3, 0.4) is 0 Å². The first kappa shape index (κ1) is 15.9. The van der Waals surface area contributed by atoms with Crippen LogP contribution in [0.1, 0.15) is 29.8 Å². The lowest BCUT2D eigenvalue weighted by molar-refractivity contribution is -0.139. The van der Waals surface area contributed by atoms with Crippen molar-refractivity contribution in [2.24, 2.45) is 11.3 Å². The van der Waals surface area contributed by atoms with Gasteiger partial charge in [-0.3, -0.25) is 9.59 Å². The molecule has 4 rings (SSSR count). The van der Waals surface area contributed by atoms with Crippen LogP contribution in [0.2, 0.25) is 0 Å². The molecule has 1 aromatic carbocycles. The maximum atomic E-state index is 13.0. The fourth-order valence-electron chi connectivity index (χ4n) is 3.78. The molecule has 5 nitrogen and oxygen atoms in total. The molecule has 1 atom stereocenters. The summed E-state index contributed by atoms with van der Waals surface area (Å²) in [6, 6.07) is 9.23. The molecule has 1 saturated heterocycles. The van der Waals surface area contributed by atoms with Crippen LogP contribution in [0.15, 0.2) is 40.8 Å². The molecule has 1 amide bonds. The monoisotopic (exact) mass is 343 g/mol. The normalized spacial score (nSPS) is 21.3. The predicted octanol–water partition coefficient (Wildman–Crippen LogP) is 3.41. The molecule has 2 fully saturated rings. The number of halogens is 1. The Labute approximate surface area is 144 Å². The fraction of sp³-hybridized carbons (Fsp3) is 0.368. The number of piperidine rings is 1. The fourth-order valence-corrected chi connectivity index (χ4v) is 3.78. The number of furan rings is 1. The van der Waals surface area contributed by atoms with E-state index in [4.69, 9.17) is 9.52 Å². The molecule has 1 unspecified atom stereocenters. The molecule has 2 aromatic rings. The zero-order valence-electron chi connectivity index (χ0n) is 13.6. The number of amides is 1. The number of carboxylic acid groups (broad SMARTS) is 1. The summed E-state index contributed by atoms with van der Waals surface area (Å²) in [6.45, 7) is 1.10. The Morgan fingerprint density at radius 3 is 2.40 bits per heavy atom. The summed E-state index contributed by atoms with van der Waals surface area (Å²) in [5.74, 6) is -0.719. The largest absolute Gasteiger partial charge is 0.481 e. The van der Waals surface area contributed by atoms with Crippen molar-refractivity contribution in [1.82, 2.24) is 4.90 Å². The molecule has 1 aliphatic heterocycles. The summed E-state index contributed by atoms with van der Waals surface area (Å²) in [4.78, 5) is 25.4. The van der Waals surface area contributed by atoms with Crippen LogP contribution in [0.4, 0.5) is 4.39 Å². The highest BCUT2D eigenvalue weighted by atomic mass is 19.1. The van der Waals surface area contributed by atoms with Crippen LogP contribution in [-0.4, -0.2) is 35.0 Å². The van der Waals surface area contributed by atoms with Gasteiger partial charge in [-0.05, 0) is 61.1 Å². The van der Waals surface area contributed by atoms with Crippen molar-refractivity contribution in [1.29, 1.82) is 0 Å². The zero-order valence-corrected chi connectivity index (χ0v) is 13.6. The van der Waals surface area contributed by atoms with Gasteiger partial charge in [0.05, 0.1) is 5.92 Å². The van der Waals surface area contributed by atoms with Crippen LogP contribution < -0.4 is 0 Å². The topological polar surface area (TPSA) is 70.8 Å². The summed E-state index contributed by atoms with van der Waals surface area (Å²) in [7, 11) is 0. The lowest BCUT2D eigenvalue weighted by atomic mass is 9.90. The van der Waals surface area contributed by atoms with E-state index in [1.165, 1.54) is 12.1 Å². The molecule has 0 radical (unpaired) electrons. The molecule has 1 aromatic heterocycles. The average Bonchev–Trinajstić information content (AvgIpc) is 3.09. The smallest absolute Gasteiger partial charge is 0.307 e. The second-order valence-electron chi connectivity index (χ2n) is 6.92. The second-order valence-corrected chi connectivity index (χ2v) is 6.92. The van der Waals surface area contributed by atoms with Gasteiger partial charge < -0.3 is 14.4 Å². The summed E-state index contributed by atoms with van der Waals surface area (Å²) in [5, 5.41) is 9.13. The number of carboxylic acids is 1. The maximum Gasteiger partial charge on any atom is 0.307 e. The molecule has 130 valence electrons. The lowest BCUT2D eigenvalue weighted by Gasteiger charge is -2.32.